The Morgan fingerprint density at radius 1 is 0.667 bits per heavy atom. The monoisotopic (exact) mass is 1160 g/mol. The Hall–Kier alpha value is -6.92. The van der Waals surface area contributed by atoms with Gasteiger partial charge in [0.2, 0.25) is 0 Å². The van der Waals surface area contributed by atoms with Crippen LogP contribution in [0.5, 0.6) is 17.2 Å². The van der Waals surface area contributed by atoms with Gasteiger partial charge in [-0.1, -0.05) is 24.3 Å². The molecule has 0 bridgehead atoms. The van der Waals surface area contributed by atoms with Crippen LogP contribution in [0.1, 0.15) is 46.5 Å². The van der Waals surface area contributed by atoms with E-state index in [1.165, 1.54) is 67.3 Å². The van der Waals surface area contributed by atoms with Crippen molar-refractivity contribution in [2.75, 3.05) is 115 Å². The minimum atomic E-state index is -4.87. The molecule has 0 radical (unpaired) electrons. The molecule has 5 aromatic rings. The third-order valence-corrected chi connectivity index (χ3v) is 12.3. The first-order valence-electron chi connectivity index (χ1n) is 25.7. The lowest BCUT2D eigenvalue weighted by molar-refractivity contribution is -0.137. The second kappa shape index (κ2) is 31.9. The van der Waals surface area contributed by atoms with Gasteiger partial charge in [0.05, 0.1) is 108 Å². The number of carbonyl (C=O) groups is 2. The molecule has 6 rings (SSSR count). The molecule has 1 unspecified atom stereocenters. The number of nitrogens with one attached hydrogen (secondary N) is 2. The third-order valence-electron chi connectivity index (χ3n) is 12.0. The summed E-state index contributed by atoms with van der Waals surface area (Å²) in [5, 5.41) is 25.1. The number of rotatable bonds is 35. The van der Waals surface area contributed by atoms with Gasteiger partial charge < -0.3 is 63.3 Å². The topological polar surface area (TPSA) is 192 Å². The summed E-state index contributed by atoms with van der Waals surface area (Å²) in [5.74, 6) is -1.80. The summed E-state index contributed by atoms with van der Waals surface area (Å²) in [6.45, 7) is 7.97. The Bertz CT molecular complexity index is 2860. The largest absolute Gasteiger partial charge is 0.491 e. The highest BCUT2D eigenvalue weighted by atomic mass is 32.1. The van der Waals surface area contributed by atoms with E-state index in [1.54, 1.807) is 42.5 Å². The molecule has 0 spiro atoms. The van der Waals surface area contributed by atoms with Crippen molar-refractivity contribution in [3.05, 3.63) is 148 Å². The lowest BCUT2D eigenvalue weighted by Gasteiger charge is -2.29. The second-order valence-electron chi connectivity index (χ2n) is 18.4. The van der Waals surface area contributed by atoms with Crippen LogP contribution in [-0.2, 0) is 52.6 Å². The van der Waals surface area contributed by atoms with Crippen molar-refractivity contribution in [2.45, 2.75) is 44.9 Å². The molecule has 436 valence electrons. The number of benzene rings is 5. The minimum absolute atomic E-state index is 0.00208. The molecular formula is C57H63F6N5O12S. The van der Waals surface area contributed by atoms with E-state index >= 15 is 4.39 Å². The lowest BCUT2D eigenvalue weighted by Crippen LogP contribution is -2.44. The normalized spacial score (nSPS) is 13.6. The molecule has 17 nitrogen and oxygen atoms in total. The number of hydrogen-bond donors (Lipinski definition) is 3. The number of aliphatic hydroxyl groups is 1. The molecule has 1 aliphatic rings. The number of anilines is 2. The van der Waals surface area contributed by atoms with E-state index in [0.29, 0.717) is 89.3 Å². The van der Waals surface area contributed by atoms with Crippen LogP contribution in [0.3, 0.4) is 0 Å². The first kappa shape index (κ1) is 63.3. The van der Waals surface area contributed by atoms with Crippen molar-refractivity contribution in [1.82, 2.24) is 10.6 Å². The van der Waals surface area contributed by atoms with E-state index in [9.17, 15) is 41.9 Å². The Labute approximate surface area is 470 Å². The molecule has 1 atom stereocenters. The fraction of sp³-hybridized carbons (Fsp3) is 0.404. The minimum Gasteiger partial charge on any atom is -0.491 e. The highest BCUT2D eigenvalue weighted by Crippen LogP contribution is 2.40. The number of amides is 2. The van der Waals surface area contributed by atoms with Crippen LogP contribution in [0, 0.1) is 28.8 Å². The SMILES string of the molecule is CC1(C)C(=O)N(c2ccc(C#N)c(C(F)(F)F)c2)C(=S)N1c1ccc(C(=O)NCCOCCOCCOCCOCCOCCOCCNCC(O)COc2ccc(OCc3ccc(F)cc3)c(OCc3ccc(F)cc3)c2)c(F)c1. The Morgan fingerprint density at radius 3 is 1.72 bits per heavy atom. The van der Waals surface area contributed by atoms with Crippen LogP contribution in [0.25, 0.3) is 0 Å². The zero-order valence-electron chi connectivity index (χ0n) is 44.6. The van der Waals surface area contributed by atoms with Gasteiger partial charge in [-0.3, -0.25) is 14.5 Å². The summed E-state index contributed by atoms with van der Waals surface area (Å²) >= 11 is 5.51. The standard InChI is InChI=1S/C57H63F6N5O12S/c1-56(2)54(71)67(44-12-7-41(34-64)49(31-44)57(61,62)63)55(81)68(56)45-13-15-48(50(60)32-45)53(70)66-18-20-73-22-24-75-26-28-77-30-29-76-27-25-74-23-21-72-19-17-65-35-46(69)38-78-47-14-16-51(79-36-39-3-8-42(58)9-4-39)52(33-47)80-37-40-5-10-43(59)11-6-40/h3-16,31-33,46,65,69H,17-30,35-38H2,1-2H3,(H,66,70). The van der Waals surface area contributed by atoms with E-state index in [1.807, 2.05) is 0 Å². The molecule has 24 heteroatoms. The number of ether oxygens (including phenoxy) is 9. The van der Waals surface area contributed by atoms with E-state index in [4.69, 9.17) is 54.8 Å². The summed E-state index contributed by atoms with van der Waals surface area (Å²) in [4.78, 5) is 28.5. The molecule has 3 N–H and O–H groups in total. The second-order valence-corrected chi connectivity index (χ2v) is 18.7. The predicted molar refractivity (Wildman–Crippen MR) is 289 cm³/mol. The number of thiocarbonyl (C=S) groups is 1. The summed E-state index contributed by atoms with van der Waals surface area (Å²) in [6.07, 6.45) is -5.69. The number of hydrogen-bond acceptors (Lipinski definition) is 15. The molecule has 0 aromatic heterocycles. The molecule has 0 aliphatic carbocycles. The Kier molecular flexibility index (Phi) is 24.9. The maximum absolute atomic E-state index is 15.3. The zero-order valence-corrected chi connectivity index (χ0v) is 45.4. The molecule has 1 saturated heterocycles. The smallest absolute Gasteiger partial charge is 0.417 e. The van der Waals surface area contributed by atoms with Crippen molar-refractivity contribution in [3.8, 4) is 23.3 Å². The number of alkyl halides is 3. The van der Waals surface area contributed by atoms with Gasteiger partial charge in [-0.15, -0.1) is 0 Å². The van der Waals surface area contributed by atoms with Crippen LogP contribution < -0.4 is 34.6 Å². The maximum atomic E-state index is 15.3. The average molecular weight is 1160 g/mol. The van der Waals surface area contributed by atoms with Crippen molar-refractivity contribution in [2.24, 2.45) is 0 Å². The average Bonchev–Trinajstić information content (AvgIpc) is 3.60. The highest BCUT2D eigenvalue weighted by Gasteiger charge is 2.51. The van der Waals surface area contributed by atoms with E-state index < -0.39 is 46.6 Å². The van der Waals surface area contributed by atoms with Gasteiger partial charge in [0.1, 0.15) is 54.7 Å². The summed E-state index contributed by atoms with van der Waals surface area (Å²) in [6, 6.07) is 24.8. The lowest BCUT2D eigenvalue weighted by atomic mass is 10.0. The van der Waals surface area contributed by atoms with Gasteiger partial charge in [-0.25, -0.2) is 13.2 Å². The highest BCUT2D eigenvalue weighted by molar-refractivity contribution is 7.81. The van der Waals surface area contributed by atoms with E-state index in [2.05, 4.69) is 10.6 Å². The first-order valence-corrected chi connectivity index (χ1v) is 26.1. The summed E-state index contributed by atoms with van der Waals surface area (Å²) in [7, 11) is 0. The van der Waals surface area contributed by atoms with Gasteiger partial charge in [0.25, 0.3) is 11.8 Å². The molecular weight excluding hydrogens is 1090 g/mol. The van der Waals surface area contributed by atoms with Gasteiger partial charge >= 0.3 is 6.18 Å². The van der Waals surface area contributed by atoms with Crippen LogP contribution in [0.4, 0.5) is 37.7 Å². The van der Waals surface area contributed by atoms with Crippen molar-refractivity contribution in [3.63, 3.8) is 0 Å². The van der Waals surface area contributed by atoms with Gasteiger partial charge in [0.15, 0.2) is 16.6 Å². The molecule has 0 saturated carbocycles. The fourth-order valence-corrected chi connectivity index (χ4v) is 8.30. The van der Waals surface area contributed by atoms with Crippen molar-refractivity contribution >= 4 is 40.5 Å². The summed E-state index contributed by atoms with van der Waals surface area (Å²) in [5.41, 5.74) is -2.23. The van der Waals surface area contributed by atoms with Crippen molar-refractivity contribution < 1.29 is 83.7 Å². The molecule has 81 heavy (non-hydrogen) atoms. The molecule has 5 aromatic carbocycles. The quantitative estimate of drug-likeness (QED) is 0.0201. The first-order chi connectivity index (χ1) is 39.0. The number of halogens is 6. The summed E-state index contributed by atoms with van der Waals surface area (Å²) < 4.78 is 134. The van der Waals surface area contributed by atoms with Crippen LogP contribution in [0.2, 0.25) is 0 Å². The Balaban J connectivity index is 0.726. The van der Waals surface area contributed by atoms with Gasteiger partial charge in [-0.2, -0.15) is 18.4 Å². The molecule has 2 amide bonds. The molecule has 1 aliphatic heterocycles. The zero-order chi connectivity index (χ0) is 58.2. The van der Waals surface area contributed by atoms with Gasteiger partial charge in [-0.05, 0) is 110 Å². The number of nitriles is 1. The Morgan fingerprint density at radius 2 is 1.19 bits per heavy atom. The van der Waals surface area contributed by atoms with E-state index in [-0.39, 0.29) is 86.4 Å². The molecule has 1 heterocycles. The van der Waals surface area contributed by atoms with Crippen molar-refractivity contribution in [1.29, 1.82) is 5.26 Å². The van der Waals surface area contributed by atoms with E-state index in [0.717, 1.165) is 28.2 Å². The molecule has 1 fully saturated rings. The van der Waals surface area contributed by atoms with Gasteiger partial charge in [0, 0.05) is 31.4 Å². The predicted octanol–water partition coefficient (Wildman–Crippen LogP) is 7.93. The number of carbonyl (C=O) groups excluding carboxylic acids is 2. The third kappa shape index (κ3) is 19.6. The maximum Gasteiger partial charge on any atom is 0.417 e. The van der Waals surface area contributed by atoms with Crippen LogP contribution >= 0.6 is 12.2 Å². The van der Waals surface area contributed by atoms with Crippen LogP contribution in [0.15, 0.2) is 103 Å². The fourth-order valence-electron chi connectivity index (χ4n) is 7.78. The number of aliphatic hydroxyl groups excluding tert-OH is 1. The number of nitrogens with zero attached hydrogens (tertiary/aromatic N) is 3. The van der Waals surface area contributed by atoms with Crippen LogP contribution in [-0.4, -0.2) is 139 Å².